The molecule has 0 spiro atoms. The van der Waals surface area contributed by atoms with Gasteiger partial charge in [0.2, 0.25) is 0 Å². The summed E-state index contributed by atoms with van der Waals surface area (Å²) >= 11 is 1.32. The highest BCUT2D eigenvalue weighted by atomic mass is 32.1. The monoisotopic (exact) mass is 253 g/mol. The summed E-state index contributed by atoms with van der Waals surface area (Å²) in [4.78, 5) is 4.23. The molecule has 0 aliphatic rings. The Morgan fingerprint density at radius 2 is 2.00 bits per heavy atom. The summed E-state index contributed by atoms with van der Waals surface area (Å²) in [5.74, 6) is 1.20. The highest BCUT2D eigenvalue weighted by Crippen LogP contribution is 2.34. The number of fused-ring (bicyclic) bond motifs is 1. The van der Waals surface area contributed by atoms with Crippen LogP contribution in [0.15, 0.2) is 17.3 Å². The maximum atomic E-state index is 8.60. The van der Waals surface area contributed by atoms with Crippen LogP contribution >= 0.6 is 11.3 Å². The average molecular weight is 253 g/mol. The van der Waals surface area contributed by atoms with Crippen molar-refractivity contribution in [3.05, 3.63) is 17.1 Å². The first-order valence-corrected chi connectivity index (χ1v) is 5.51. The zero-order chi connectivity index (χ0) is 12.4. The number of oxime groups is 1. The van der Waals surface area contributed by atoms with Gasteiger partial charge in [0.25, 0.3) is 0 Å². The molecule has 0 saturated carbocycles. The number of aromatic nitrogens is 1. The Hall–Kier alpha value is -2.02. The van der Waals surface area contributed by atoms with Gasteiger partial charge in [-0.2, -0.15) is 0 Å². The molecule has 2 rings (SSSR count). The molecule has 3 N–H and O–H groups in total. The number of rotatable bonds is 3. The fourth-order valence-electron chi connectivity index (χ4n) is 1.41. The summed E-state index contributed by atoms with van der Waals surface area (Å²) in [5.41, 5.74) is 6.20. The lowest BCUT2D eigenvalue weighted by Gasteiger charge is -2.05. The molecule has 0 bridgehead atoms. The molecule has 1 aromatic carbocycles. The second kappa shape index (κ2) is 4.46. The third-order valence-electron chi connectivity index (χ3n) is 2.22. The van der Waals surface area contributed by atoms with Crippen molar-refractivity contribution in [2.45, 2.75) is 0 Å². The molecule has 0 saturated heterocycles. The smallest absolute Gasteiger partial charge is 0.199 e. The number of nitrogens with zero attached hydrogens (tertiary/aromatic N) is 2. The van der Waals surface area contributed by atoms with Crippen LogP contribution in [0, 0.1) is 0 Å². The lowest BCUT2D eigenvalue weighted by Crippen LogP contribution is -2.12. The first kappa shape index (κ1) is 11.5. The first-order chi connectivity index (χ1) is 8.19. The van der Waals surface area contributed by atoms with Crippen molar-refractivity contribution in [2.75, 3.05) is 14.2 Å². The largest absolute Gasteiger partial charge is 0.493 e. The standard InChI is InChI=1S/C10H11N3O3S/c1-15-6-3-5-8(4-7(6)16-2)17-10(12-5)9(11)13-14/h3-4,14H,1-2H3,(H2,11,13). The van der Waals surface area contributed by atoms with Gasteiger partial charge < -0.3 is 20.4 Å². The minimum atomic E-state index is -0.0101. The molecule has 0 amide bonds. The van der Waals surface area contributed by atoms with Crippen molar-refractivity contribution >= 4 is 27.4 Å². The van der Waals surface area contributed by atoms with Crippen molar-refractivity contribution in [3.63, 3.8) is 0 Å². The second-order valence-electron chi connectivity index (χ2n) is 3.18. The highest BCUT2D eigenvalue weighted by molar-refractivity contribution is 7.20. The summed E-state index contributed by atoms with van der Waals surface area (Å²) in [6.07, 6.45) is 0. The number of methoxy groups -OCH3 is 2. The van der Waals surface area contributed by atoms with E-state index >= 15 is 0 Å². The Kier molecular flexibility index (Phi) is 3.01. The molecule has 1 heterocycles. The van der Waals surface area contributed by atoms with Gasteiger partial charge in [0.05, 0.1) is 24.4 Å². The van der Waals surface area contributed by atoms with Gasteiger partial charge in [-0.25, -0.2) is 4.98 Å². The van der Waals surface area contributed by atoms with Crippen LogP contribution in [0.5, 0.6) is 11.5 Å². The lowest BCUT2D eigenvalue weighted by molar-refractivity contribution is 0.318. The highest BCUT2D eigenvalue weighted by Gasteiger charge is 2.12. The summed E-state index contributed by atoms with van der Waals surface area (Å²) < 4.78 is 11.2. The van der Waals surface area contributed by atoms with Crippen LogP contribution in [0.25, 0.3) is 10.2 Å². The van der Waals surface area contributed by atoms with Gasteiger partial charge in [-0.15, -0.1) is 11.3 Å². The van der Waals surface area contributed by atoms with E-state index in [1.54, 1.807) is 26.4 Å². The first-order valence-electron chi connectivity index (χ1n) is 4.70. The van der Waals surface area contributed by atoms with Crippen LogP contribution < -0.4 is 15.2 Å². The topological polar surface area (TPSA) is 90.0 Å². The zero-order valence-corrected chi connectivity index (χ0v) is 10.1. The van der Waals surface area contributed by atoms with Crippen LogP contribution in [-0.4, -0.2) is 30.2 Å². The van der Waals surface area contributed by atoms with Gasteiger partial charge in [0.15, 0.2) is 22.3 Å². The van der Waals surface area contributed by atoms with E-state index in [2.05, 4.69) is 10.1 Å². The number of nitrogens with two attached hydrogens (primary N) is 1. The summed E-state index contributed by atoms with van der Waals surface area (Å²) in [5, 5.41) is 12.0. The number of hydrogen-bond donors (Lipinski definition) is 2. The van der Waals surface area contributed by atoms with Crippen molar-refractivity contribution in [3.8, 4) is 11.5 Å². The molecule has 90 valence electrons. The van der Waals surface area contributed by atoms with Crippen LogP contribution in [0.3, 0.4) is 0 Å². The van der Waals surface area contributed by atoms with Gasteiger partial charge >= 0.3 is 0 Å². The van der Waals surface area contributed by atoms with E-state index in [0.29, 0.717) is 22.0 Å². The summed E-state index contributed by atoms with van der Waals surface area (Å²) in [7, 11) is 3.12. The van der Waals surface area contributed by atoms with Crippen molar-refractivity contribution in [2.24, 2.45) is 10.9 Å². The van der Waals surface area contributed by atoms with E-state index in [1.807, 2.05) is 0 Å². The molecule has 0 radical (unpaired) electrons. The number of hydrogen-bond acceptors (Lipinski definition) is 6. The molecule has 1 aromatic heterocycles. The third-order valence-corrected chi connectivity index (χ3v) is 3.26. The normalized spacial score (nSPS) is 11.8. The maximum absolute atomic E-state index is 8.60. The fourth-order valence-corrected chi connectivity index (χ4v) is 2.28. The quantitative estimate of drug-likeness (QED) is 0.373. The Morgan fingerprint density at radius 1 is 1.35 bits per heavy atom. The Morgan fingerprint density at radius 3 is 2.59 bits per heavy atom. The van der Waals surface area contributed by atoms with E-state index in [-0.39, 0.29) is 5.84 Å². The summed E-state index contributed by atoms with van der Waals surface area (Å²) in [6.45, 7) is 0. The number of ether oxygens (including phenoxy) is 2. The Labute approximate surface area is 101 Å². The third kappa shape index (κ3) is 1.96. The van der Waals surface area contributed by atoms with E-state index < -0.39 is 0 Å². The van der Waals surface area contributed by atoms with Gasteiger partial charge in [-0.3, -0.25) is 0 Å². The van der Waals surface area contributed by atoms with E-state index in [1.165, 1.54) is 11.3 Å². The molecular weight excluding hydrogens is 242 g/mol. The molecule has 17 heavy (non-hydrogen) atoms. The van der Waals surface area contributed by atoms with Crippen molar-refractivity contribution in [1.29, 1.82) is 0 Å². The zero-order valence-electron chi connectivity index (χ0n) is 9.30. The summed E-state index contributed by atoms with van der Waals surface area (Å²) in [6, 6.07) is 3.55. The minimum absolute atomic E-state index is 0.0101. The van der Waals surface area contributed by atoms with Gasteiger partial charge in [-0.05, 0) is 0 Å². The Balaban J connectivity index is 2.61. The fraction of sp³-hybridized carbons (Fsp3) is 0.200. The molecule has 0 unspecified atom stereocenters. The second-order valence-corrected chi connectivity index (χ2v) is 4.21. The average Bonchev–Trinajstić information content (AvgIpc) is 2.78. The van der Waals surface area contributed by atoms with E-state index in [9.17, 15) is 0 Å². The molecule has 7 heteroatoms. The van der Waals surface area contributed by atoms with E-state index in [4.69, 9.17) is 20.4 Å². The minimum Gasteiger partial charge on any atom is -0.493 e. The van der Waals surface area contributed by atoms with Crippen LogP contribution in [-0.2, 0) is 0 Å². The molecule has 0 atom stereocenters. The SMILES string of the molecule is COc1cc2nc(C(N)=NO)sc2cc1OC. The number of benzene rings is 1. The molecule has 0 fully saturated rings. The maximum Gasteiger partial charge on any atom is 0.199 e. The van der Waals surface area contributed by atoms with Gasteiger partial charge in [0.1, 0.15) is 0 Å². The molecular formula is C10H11N3O3S. The van der Waals surface area contributed by atoms with Crippen molar-refractivity contribution < 1.29 is 14.7 Å². The van der Waals surface area contributed by atoms with Gasteiger partial charge in [-0.1, -0.05) is 5.16 Å². The predicted octanol–water partition coefficient (Wildman–Crippen LogP) is 1.41. The van der Waals surface area contributed by atoms with E-state index in [0.717, 1.165) is 4.70 Å². The van der Waals surface area contributed by atoms with Gasteiger partial charge in [0, 0.05) is 12.1 Å². The Bertz CT molecular complexity index is 538. The molecule has 0 aliphatic carbocycles. The number of thiazole rings is 1. The number of amidine groups is 1. The molecule has 2 aromatic rings. The van der Waals surface area contributed by atoms with Crippen LogP contribution in [0.2, 0.25) is 0 Å². The predicted molar refractivity (Wildman–Crippen MR) is 65.2 cm³/mol. The molecule has 0 aliphatic heterocycles. The van der Waals surface area contributed by atoms with Crippen LogP contribution in [0.1, 0.15) is 5.01 Å². The van der Waals surface area contributed by atoms with Crippen LogP contribution in [0.4, 0.5) is 0 Å². The lowest BCUT2D eigenvalue weighted by atomic mass is 10.3. The molecule has 6 nitrogen and oxygen atoms in total. The van der Waals surface area contributed by atoms with Crippen molar-refractivity contribution in [1.82, 2.24) is 4.98 Å².